The molecule has 132 valence electrons. The van der Waals surface area contributed by atoms with Crippen LogP contribution < -0.4 is 15.2 Å². The van der Waals surface area contributed by atoms with Crippen molar-refractivity contribution in [2.45, 2.75) is 32.4 Å². The Morgan fingerprint density at radius 1 is 1.08 bits per heavy atom. The predicted octanol–water partition coefficient (Wildman–Crippen LogP) is 2.22. The van der Waals surface area contributed by atoms with Gasteiger partial charge in [-0.1, -0.05) is 12.1 Å². The summed E-state index contributed by atoms with van der Waals surface area (Å²) in [5.74, 6) is -1.58. The molecule has 0 fully saturated rings. The molecule has 0 aliphatic carbocycles. The lowest BCUT2D eigenvalue weighted by Crippen LogP contribution is -2.34. The van der Waals surface area contributed by atoms with E-state index in [1.807, 2.05) is 13.8 Å². The lowest BCUT2D eigenvalue weighted by atomic mass is 10.0. The second kappa shape index (κ2) is 8.28. The van der Waals surface area contributed by atoms with Crippen LogP contribution in [0.2, 0.25) is 0 Å². The van der Waals surface area contributed by atoms with E-state index in [-0.39, 0.29) is 18.1 Å². The minimum absolute atomic E-state index is 0.0167. The fourth-order valence-electron chi connectivity index (χ4n) is 2.31. The molecule has 0 saturated heterocycles. The summed E-state index contributed by atoms with van der Waals surface area (Å²) in [6.07, 6.45) is -0.361. The molecule has 1 amide bonds. The number of ether oxygens (including phenoxy) is 1. The zero-order valence-electron chi connectivity index (χ0n) is 14.0. The molecule has 5 nitrogen and oxygen atoms in total. The van der Waals surface area contributed by atoms with Gasteiger partial charge in [-0.15, -0.1) is 0 Å². The summed E-state index contributed by atoms with van der Waals surface area (Å²) in [5, 5.41) is 13.7. The van der Waals surface area contributed by atoms with Crippen LogP contribution in [0.1, 0.15) is 42.2 Å². The van der Waals surface area contributed by atoms with Crippen molar-refractivity contribution >= 4 is 11.9 Å². The lowest BCUT2D eigenvalue weighted by molar-refractivity contribution is -0.306. The number of hydrogen-bond acceptors (Lipinski definition) is 4. The number of carboxylic acids is 1. The van der Waals surface area contributed by atoms with Crippen LogP contribution in [0.15, 0.2) is 48.5 Å². The second-order valence-electron chi connectivity index (χ2n) is 5.84. The Bertz CT molecular complexity index is 726. The molecule has 0 unspecified atom stereocenters. The molecule has 0 aliphatic heterocycles. The van der Waals surface area contributed by atoms with Gasteiger partial charge in [-0.3, -0.25) is 4.79 Å². The first-order chi connectivity index (χ1) is 11.8. The highest BCUT2D eigenvalue weighted by Gasteiger charge is 2.16. The van der Waals surface area contributed by atoms with Crippen molar-refractivity contribution in [3.63, 3.8) is 0 Å². The molecule has 2 aromatic carbocycles. The third-order valence-corrected chi connectivity index (χ3v) is 3.44. The summed E-state index contributed by atoms with van der Waals surface area (Å²) in [4.78, 5) is 23.3. The number of nitrogens with one attached hydrogen (secondary N) is 1. The molecule has 0 spiro atoms. The maximum Gasteiger partial charge on any atom is 0.251 e. The number of amides is 1. The summed E-state index contributed by atoms with van der Waals surface area (Å²) in [6, 6.07) is 11.0. The van der Waals surface area contributed by atoms with Crippen molar-refractivity contribution in [1.29, 1.82) is 0 Å². The van der Waals surface area contributed by atoms with Gasteiger partial charge in [-0.25, -0.2) is 4.39 Å². The summed E-state index contributed by atoms with van der Waals surface area (Å²) >= 11 is 0. The Balaban J connectivity index is 2.16. The number of aliphatic carboxylic acids is 1. The van der Waals surface area contributed by atoms with E-state index in [9.17, 15) is 19.1 Å². The van der Waals surface area contributed by atoms with Crippen molar-refractivity contribution in [2.75, 3.05) is 0 Å². The first-order valence-corrected chi connectivity index (χ1v) is 7.88. The molecule has 0 saturated carbocycles. The Morgan fingerprint density at radius 2 is 1.68 bits per heavy atom. The van der Waals surface area contributed by atoms with Crippen LogP contribution in [0.4, 0.5) is 4.39 Å². The second-order valence-corrected chi connectivity index (χ2v) is 5.84. The van der Waals surface area contributed by atoms with E-state index in [1.54, 1.807) is 24.3 Å². The van der Waals surface area contributed by atoms with Crippen molar-refractivity contribution < 1.29 is 23.8 Å². The van der Waals surface area contributed by atoms with Gasteiger partial charge in [0.25, 0.3) is 5.91 Å². The van der Waals surface area contributed by atoms with Gasteiger partial charge in [-0.05, 0) is 55.8 Å². The summed E-state index contributed by atoms with van der Waals surface area (Å²) in [5.41, 5.74) is 0.847. The number of benzene rings is 2. The highest BCUT2D eigenvalue weighted by molar-refractivity contribution is 5.94. The summed E-state index contributed by atoms with van der Waals surface area (Å²) < 4.78 is 18.5. The highest BCUT2D eigenvalue weighted by atomic mass is 19.1. The molecule has 1 atom stereocenters. The average Bonchev–Trinajstić information content (AvgIpc) is 2.54. The maximum atomic E-state index is 12.9. The fourth-order valence-corrected chi connectivity index (χ4v) is 2.31. The first-order valence-electron chi connectivity index (χ1n) is 7.88. The van der Waals surface area contributed by atoms with Gasteiger partial charge >= 0.3 is 0 Å². The third kappa shape index (κ3) is 5.60. The smallest absolute Gasteiger partial charge is 0.251 e. The third-order valence-electron chi connectivity index (χ3n) is 3.44. The Morgan fingerprint density at radius 3 is 2.20 bits per heavy atom. The molecule has 1 N–H and O–H groups in total. The number of carbonyl (C=O) groups excluding carboxylic acids is 2. The molecular weight excluding hydrogens is 325 g/mol. The van der Waals surface area contributed by atoms with Crippen LogP contribution >= 0.6 is 0 Å². The molecule has 0 bridgehead atoms. The molecule has 0 aromatic heterocycles. The van der Waals surface area contributed by atoms with Gasteiger partial charge in [0, 0.05) is 18.0 Å². The molecule has 0 radical (unpaired) electrons. The minimum atomic E-state index is -1.29. The number of carbonyl (C=O) groups is 2. The lowest BCUT2D eigenvalue weighted by Gasteiger charge is -2.20. The monoisotopic (exact) mass is 344 g/mol. The van der Waals surface area contributed by atoms with E-state index in [1.165, 1.54) is 24.3 Å². The van der Waals surface area contributed by atoms with Gasteiger partial charge in [0.15, 0.2) is 0 Å². The maximum absolute atomic E-state index is 12.9. The van der Waals surface area contributed by atoms with Crippen LogP contribution in [0.25, 0.3) is 0 Å². The average molecular weight is 344 g/mol. The van der Waals surface area contributed by atoms with Gasteiger partial charge in [0.1, 0.15) is 11.6 Å². The Kier molecular flexibility index (Phi) is 6.11. The van der Waals surface area contributed by atoms with Gasteiger partial charge in [0.05, 0.1) is 12.1 Å². The summed E-state index contributed by atoms with van der Waals surface area (Å²) in [6.45, 7) is 3.80. The van der Waals surface area contributed by atoms with Crippen LogP contribution in [0.5, 0.6) is 5.75 Å². The van der Waals surface area contributed by atoms with E-state index >= 15 is 0 Å². The zero-order chi connectivity index (χ0) is 18.4. The van der Waals surface area contributed by atoms with Crippen molar-refractivity contribution in [3.05, 3.63) is 65.5 Å². The molecule has 2 aromatic rings. The van der Waals surface area contributed by atoms with Crippen molar-refractivity contribution in [3.8, 4) is 5.75 Å². The molecule has 0 heterocycles. The quantitative estimate of drug-likeness (QED) is 0.835. The SMILES string of the molecule is CC(C)Oc1ccc([C@@H](CC(=O)[O-])NC(=O)c2ccc(F)cc2)cc1. The number of carboxylic acid groups (broad SMARTS) is 1. The molecular formula is C19H19FNO4-. The normalized spacial score (nSPS) is 11.8. The van der Waals surface area contributed by atoms with Crippen LogP contribution in [0.3, 0.4) is 0 Å². The summed E-state index contributed by atoms with van der Waals surface area (Å²) in [7, 11) is 0. The van der Waals surface area contributed by atoms with Gasteiger partial charge < -0.3 is 20.0 Å². The van der Waals surface area contributed by atoms with E-state index in [0.717, 1.165) is 0 Å². The molecule has 0 aliphatic rings. The van der Waals surface area contributed by atoms with Gasteiger partial charge in [-0.2, -0.15) is 0 Å². The van der Waals surface area contributed by atoms with Crippen molar-refractivity contribution in [2.24, 2.45) is 0 Å². The Hall–Kier alpha value is -2.89. The number of rotatable bonds is 7. The predicted molar refractivity (Wildman–Crippen MR) is 88.4 cm³/mol. The van der Waals surface area contributed by atoms with E-state index in [2.05, 4.69) is 5.32 Å². The van der Waals surface area contributed by atoms with E-state index in [0.29, 0.717) is 11.3 Å². The van der Waals surface area contributed by atoms with Crippen LogP contribution in [0, 0.1) is 5.82 Å². The minimum Gasteiger partial charge on any atom is -0.550 e. The van der Waals surface area contributed by atoms with E-state index in [4.69, 9.17) is 4.74 Å². The van der Waals surface area contributed by atoms with Crippen LogP contribution in [-0.4, -0.2) is 18.0 Å². The highest BCUT2D eigenvalue weighted by Crippen LogP contribution is 2.21. The fraction of sp³-hybridized carbons (Fsp3) is 0.263. The Labute approximate surface area is 145 Å². The van der Waals surface area contributed by atoms with Crippen LogP contribution in [-0.2, 0) is 4.79 Å². The largest absolute Gasteiger partial charge is 0.550 e. The molecule has 2 rings (SSSR count). The number of halogens is 1. The van der Waals surface area contributed by atoms with Crippen molar-refractivity contribution in [1.82, 2.24) is 5.32 Å². The zero-order valence-corrected chi connectivity index (χ0v) is 14.0. The molecule has 6 heteroatoms. The standard InChI is InChI=1S/C19H20FNO4/c1-12(2)25-16-9-5-13(6-10-16)17(11-18(22)23)21-19(24)14-3-7-15(20)8-4-14/h3-10,12,17H,11H2,1-2H3,(H,21,24)(H,22,23)/p-1/t17-/m1/s1. The van der Waals surface area contributed by atoms with Gasteiger partial charge in [0.2, 0.25) is 0 Å². The van der Waals surface area contributed by atoms with E-state index < -0.39 is 23.7 Å². The first kappa shape index (κ1) is 18.4. The number of hydrogen-bond donors (Lipinski definition) is 1. The topological polar surface area (TPSA) is 78.5 Å². The molecule has 25 heavy (non-hydrogen) atoms.